The molecule has 4 heteroatoms. The number of nitrogen functional groups attached to an aromatic ring is 1. The number of para-hydroxylation sites is 1. The van der Waals surface area contributed by atoms with E-state index in [1.807, 2.05) is 55.7 Å². The van der Waals surface area contributed by atoms with Gasteiger partial charge in [-0.1, -0.05) is 54.6 Å². The van der Waals surface area contributed by atoms with Crippen LogP contribution in [0, 0.1) is 6.92 Å². The van der Waals surface area contributed by atoms with Crippen molar-refractivity contribution in [3.8, 4) is 11.3 Å². The van der Waals surface area contributed by atoms with Crippen molar-refractivity contribution < 1.29 is 0 Å². The van der Waals surface area contributed by atoms with Gasteiger partial charge in [0.1, 0.15) is 0 Å². The van der Waals surface area contributed by atoms with Gasteiger partial charge >= 0.3 is 0 Å². The Hall–Kier alpha value is -3.01. The average Bonchev–Trinajstić information content (AvgIpc) is 3.01. The van der Waals surface area contributed by atoms with E-state index in [9.17, 15) is 0 Å². The van der Waals surface area contributed by atoms with Crippen LogP contribution in [0.25, 0.3) is 17.3 Å². The third kappa shape index (κ3) is 3.80. The highest BCUT2D eigenvalue weighted by atomic mass is 15.1. The number of aromatic nitrogens is 2. The second kappa shape index (κ2) is 7.91. The molecule has 26 heavy (non-hydrogen) atoms. The highest BCUT2D eigenvalue weighted by Gasteiger charge is 2.08. The lowest BCUT2D eigenvalue weighted by Gasteiger charge is -2.16. The van der Waals surface area contributed by atoms with Crippen molar-refractivity contribution in [3.05, 3.63) is 72.2 Å². The zero-order valence-electron chi connectivity index (χ0n) is 15.7. The number of imidazole rings is 1. The summed E-state index contributed by atoms with van der Waals surface area (Å²) < 4.78 is 2.20. The number of hydrogen-bond donors (Lipinski definition) is 1. The Morgan fingerprint density at radius 3 is 2.58 bits per heavy atom. The summed E-state index contributed by atoms with van der Waals surface area (Å²) in [5.41, 5.74) is 12.6. The monoisotopic (exact) mass is 346 g/mol. The summed E-state index contributed by atoms with van der Waals surface area (Å²) >= 11 is 0. The fourth-order valence-electron chi connectivity index (χ4n) is 3.08. The molecule has 1 aromatic heterocycles. The molecule has 0 bridgehead atoms. The van der Waals surface area contributed by atoms with E-state index in [1.165, 1.54) is 5.69 Å². The molecule has 0 saturated carbocycles. The van der Waals surface area contributed by atoms with Gasteiger partial charge in [-0.15, -0.1) is 0 Å². The minimum absolute atomic E-state index is 0.818. The van der Waals surface area contributed by atoms with E-state index in [2.05, 4.69) is 46.8 Å². The predicted molar refractivity (Wildman–Crippen MR) is 111 cm³/mol. The maximum absolute atomic E-state index is 6.26. The van der Waals surface area contributed by atoms with Crippen molar-refractivity contribution in [2.75, 3.05) is 24.7 Å². The van der Waals surface area contributed by atoms with Crippen LogP contribution in [0.15, 0.2) is 60.9 Å². The van der Waals surface area contributed by atoms with Gasteiger partial charge in [0.15, 0.2) is 0 Å². The van der Waals surface area contributed by atoms with Crippen molar-refractivity contribution in [2.24, 2.45) is 0 Å². The molecule has 2 N–H and O–H groups in total. The van der Waals surface area contributed by atoms with Gasteiger partial charge in [0.25, 0.3) is 0 Å². The quantitative estimate of drug-likeness (QED) is 0.663. The molecule has 0 aliphatic heterocycles. The zero-order chi connectivity index (χ0) is 18.5. The van der Waals surface area contributed by atoms with Crippen LogP contribution in [0.3, 0.4) is 0 Å². The molecule has 0 spiro atoms. The molecule has 0 unspecified atom stereocenters. The molecule has 134 valence electrons. The highest BCUT2D eigenvalue weighted by molar-refractivity contribution is 5.77. The van der Waals surface area contributed by atoms with Crippen LogP contribution in [0.5, 0.6) is 0 Å². The molecule has 0 radical (unpaired) electrons. The van der Waals surface area contributed by atoms with Gasteiger partial charge in [0, 0.05) is 31.9 Å². The Morgan fingerprint density at radius 2 is 1.85 bits per heavy atom. The van der Waals surface area contributed by atoms with Crippen LogP contribution in [0.2, 0.25) is 0 Å². The van der Waals surface area contributed by atoms with Crippen LogP contribution in [0.1, 0.15) is 17.7 Å². The first-order valence-corrected chi connectivity index (χ1v) is 8.87. The number of aryl methyl sites for hydroxylation is 1. The Morgan fingerprint density at radius 1 is 1.08 bits per heavy atom. The lowest BCUT2D eigenvalue weighted by atomic mass is 10.1. The van der Waals surface area contributed by atoms with Gasteiger partial charge in [-0.05, 0) is 25.0 Å². The first-order chi connectivity index (χ1) is 12.6. The second-order valence-corrected chi connectivity index (χ2v) is 6.60. The summed E-state index contributed by atoms with van der Waals surface area (Å²) in [7, 11) is 4.01. The first-order valence-electron chi connectivity index (χ1n) is 8.87. The summed E-state index contributed by atoms with van der Waals surface area (Å²) in [5, 5.41) is 0. The second-order valence-electron chi connectivity index (χ2n) is 6.60. The van der Waals surface area contributed by atoms with Crippen LogP contribution in [-0.2, 0) is 6.54 Å². The predicted octanol–water partition coefficient (Wildman–Crippen LogP) is 4.61. The van der Waals surface area contributed by atoms with E-state index >= 15 is 0 Å². The van der Waals surface area contributed by atoms with Crippen LogP contribution in [-0.4, -0.2) is 23.6 Å². The van der Waals surface area contributed by atoms with E-state index in [0.29, 0.717) is 0 Å². The van der Waals surface area contributed by atoms with E-state index < -0.39 is 0 Å². The number of nitrogens with two attached hydrogens (primary N) is 1. The standard InChI is InChI=1S/C22H26N4/c1-17-22(19-11-5-4-6-12-19)24-16-26(17)15-8-7-10-18-13-9-14-20(21(18)23)25(2)3/h4-7,9-14,16H,8,15,23H2,1-3H3/b10-7+. The van der Waals surface area contributed by atoms with Gasteiger partial charge in [-0.25, -0.2) is 4.98 Å². The molecule has 3 rings (SSSR count). The molecule has 0 aliphatic rings. The largest absolute Gasteiger partial charge is 0.397 e. The van der Waals surface area contributed by atoms with E-state index in [0.717, 1.165) is 41.2 Å². The third-order valence-electron chi connectivity index (χ3n) is 4.58. The summed E-state index contributed by atoms with van der Waals surface area (Å²) in [6, 6.07) is 16.4. The van der Waals surface area contributed by atoms with Crippen LogP contribution < -0.4 is 10.6 Å². The molecule has 1 heterocycles. The van der Waals surface area contributed by atoms with Crippen molar-refractivity contribution in [2.45, 2.75) is 19.9 Å². The third-order valence-corrected chi connectivity index (χ3v) is 4.58. The van der Waals surface area contributed by atoms with Crippen LogP contribution in [0.4, 0.5) is 11.4 Å². The topological polar surface area (TPSA) is 47.1 Å². The number of anilines is 2. The molecule has 0 amide bonds. The van der Waals surface area contributed by atoms with Crippen molar-refractivity contribution in [3.63, 3.8) is 0 Å². The lowest BCUT2D eigenvalue weighted by molar-refractivity contribution is 0.691. The van der Waals surface area contributed by atoms with Gasteiger partial charge in [0.2, 0.25) is 0 Å². The number of rotatable bonds is 6. The molecule has 4 nitrogen and oxygen atoms in total. The van der Waals surface area contributed by atoms with Crippen molar-refractivity contribution in [1.29, 1.82) is 0 Å². The van der Waals surface area contributed by atoms with E-state index in [-0.39, 0.29) is 0 Å². The molecular formula is C22H26N4. The fourth-order valence-corrected chi connectivity index (χ4v) is 3.08. The molecule has 0 saturated heterocycles. The van der Waals surface area contributed by atoms with Crippen molar-refractivity contribution in [1.82, 2.24) is 9.55 Å². The SMILES string of the molecule is Cc1c(-c2ccccc2)ncn1CC/C=C/c1cccc(N(C)C)c1N. The van der Waals surface area contributed by atoms with Gasteiger partial charge in [-0.3, -0.25) is 0 Å². The van der Waals surface area contributed by atoms with Crippen LogP contribution >= 0.6 is 0 Å². The highest BCUT2D eigenvalue weighted by Crippen LogP contribution is 2.26. The number of allylic oxidation sites excluding steroid dienone is 1. The number of benzene rings is 2. The normalized spacial score (nSPS) is 11.2. The number of nitrogens with zero attached hydrogens (tertiary/aromatic N) is 3. The molecule has 0 fully saturated rings. The number of hydrogen-bond acceptors (Lipinski definition) is 3. The smallest absolute Gasteiger partial charge is 0.0956 e. The van der Waals surface area contributed by atoms with E-state index in [1.54, 1.807) is 0 Å². The summed E-state index contributed by atoms with van der Waals surface area (Å²) in [6.07, 6.45) is 7.13. The van der Waals surface area contributed by atoms with Gasteiger partial charge < -0.3 is 15.2 Å². The Labute approximate surface area is 155 Å². The summed E-state index contributed by atoms with van der Waals surface area (Å²) in [6.45, 7) is 3.02. The minimum atomic E-state index is 0.818. The minimum Gasteiger partial charge on any atom is -0.397 e. The first kappa shape index (κ1) is 17.8. The lowest BCUT2D eigenvalue weighted by Crippen LogP contribution is -2.11. The Bertz CT molecular complexity index is 892. The molecule has 3 aromatic rings. The Balaban J connectivity index is 1.67. The average molecular weight is 346 g/mol. The molecule has 0 aliphatic carbocycles. The maximum atomic E-state index is 6.26. The molecular weight excluding hydrogens is 320 g/mol. The van der Waals surface area contributed by atoms with E-state index in [4.69, 9.17) is 5.73 Å². The maximum Gasteiger partial charge on any atom is 0.0956 e. The fraction of sp³-hybridized carbons (Fsp3) is 0.227. The Kier molecular flexibility index (Phi) is 5.42. The molecule has 2 aromatic carbocycles. The van der Waals surface area contributed by atoms with Crippen molar-refractivity contribution >= 4 is 17.5 Å². The summed E-state index contributed by atoms with van der Waals surface area (Å²) in [5.74, 6) is 0. The zero-order valence-corrected chi connectivity index (χ0v) is 15.7. The molecule has 0 atom stereocenters. The van der Waals surface area contributed by atoms with Gasteiger partial charge in [0.05, 0.1) is 23.4 Å². The summed E-state index contributed by atoms with van der Waals surface area (Å²) in [4.78, 5) is 6.62. The van der Waals surface area contributed by atoms with Gasteiger partial charge in [-0.2, -0.15) is 0 Å².